The number of rotatable bonds is 2. The summed E-state index contributed by atoms with van der Waals surface area (Å²) < 4.78 is 39.4. The standard InChI is InChI=1S/C12H5BrClF3N2O/c13-6-3-9(11(14)18-4-6)19-12(20)5-1-7(15)10(17)8(16)2-5/h1-4H,(H,19,20). The Kier molecular flexibility index (Phi) is 4.29. The smallest absolute Gasteiger partial charge is 0.255 e. The minimum absolute atomic E-state index is 0.00426. The molecule has 1 aromatic carbocycles. The van der Waals surface area contributed by atoms with Crippen molar-refractivity contribution in [3.63, 3.8) is 0 Å². The predicted molar refractivity (Wildman–Crippen MR) is 71.2 cm³/mol. The number of anilines is 1. The van der Waals surface area contributed by atoms with E-state index in [2.05, 4.69) is 26.2 Å². The zero-order valence-electron chi connectivity index (χ0n) is 9.55. The molecule has 0 radical (unpaired) electrons. The molecule has 1 heterocycles. The fourth-order valence-corrected chi connectivity index (χ4v) is 1.87. The van der Waals surface area contributed by atoms with Crippen LogP contribution < -0.4 is 5.32 Å². The van der Waals surface area contributed by atoms with Crippen LogP contribution in [0.1, 0.15) is 10.4 Å². The van der Waals surface area contributed by atoms with Gasteiger partial charge < -0.3 is 5.32 Å². The number of nitrogens with one attached hydrogen (secondary N) is 1. The Morgan fingerprint density at radius 2 is 1.80 bits per heavy atom. The number of carbonyl (C=O) groups is 1. The van der Waals surface area contributed by atoms with Gasteiger partial charge in [-0.3, -0.25) is 4.79 Å². The number of hydrogen-bond acceptors (Lipinski definition) is 2. The van der Waals surface area contributed by atoms with Gasteiger partial charge in [0.25, 0.3) is 5.91 Å². The Morgan fingerprint density at radius 3 is 2.40 bits per heavy atom. The molecule has 0 aliphatic heterocycles. The maximum Gasteiger partial charge on any atom is 0.255 e. The number of benzene rings is 1. The van der Waals surface area contributed by atoms with Crippen LogP contribution in [-0.2, 0) is 0 Å². The first-order valence-electron chi connectivity index (χ1n) is 5.15. The van der Waals surface area contributed by atoms with Gasteiger partial charge in [-0.25, -0.2) is 18.2 Å². The number of aromatic nitrogens is 1. The highest BCUT2D eigenvalue weighted by Crippen LogP contribution is 2.24. The van der Waals surface area contributed by atoms with Gasteiger partial charge >= 0.3 is 0 Å². The molecule has 0 aliphatic rings. The van der Waals surface area contributed by atoms with Crippen LogP contribution in [0.25, 0.3) is 0 Å². The van der Waals surface area contributed by atoms with E-state index in [-0.39, 0.29) is 16.4 Å². The van der Waals surface area contributed by atoms with Crippen molar-refractivity contribution in [2.75, 3.05) is 5.32 Å². The molecule has 2 aromatic rings. The van der Waals surface area contributed by atoms with Crippen LogP contribution >= 0.6 is 27.5 Å². The van der Waals surface area contributed by atoms with Gasteiger partial charge in [0.15, 0.2) is 22.6 Å². The second-order valence-electron chi connectivity index (χ2n) is 3.70. The molecular formula is C12H5BrClF3N2O. The SMILES string of the molecule is O=C(Nc1cc(Br)cnc1Cl)c1cc(F)c(F)c(F)c1. The Labute approximate surface area is 124 Å². The highest BCUT2D eigenvalue weighted by atomic mass is 79.9. The lowest BCUT2D eigenvalue weighted by Gasteiger charge is -2.07. The minimum Gasteiger partial charge on any atom is -0.319 e. The molecule has 0 unspecified atom stereocenters. The minimum atomic E-state index is -1.64. The first kappa shape index (κ1) is 14.8. The van der Waals surface area contributed by atoms with Crippen LogP contribution in [0.4, 0.5) is 18.9 Å². The lowest BCUT2D eigenvalue weighted by Crippen LogP contribution is -2.14. The Morgan fingerprint density at radius 1 is 1.20 bits per heavy atom. The van der Waals surface area contributed by atoms with Crippen molar-refractivity contribution in [2.24, 2.45) is 0 Å². The molecule has 1 aromatic heterocycles. The van der Waals surface area contributed by atoms with E-state index in [1.165, 1.54) is 12.3 Å². The summed E-state index contributed by atoms with van der Waals surface area (Å²) in [6.07, 6.45) is 1.41. The first-order chi connectivity index (χ1) is 9.38. The third-order valence-corrected chi connectivity index (χ3v) is 3.03. The molecule has 0 saturated carbocycles. The number of carbonyl (C=O) groups excluding carboxylic acids is 1. The van der Waals surface area contributed by atoms with E-state index >= 15 is 0 Å². The van der Waals surface area contributed by atoms with E-state index in [1.54, 1.807) is 0 Å². The average Bonchev–Trinajstić information content (AvgIpc) is 2.39. The topological polar surface area (TPSA) is 42.0 Å². The van der Waals surface area contributed by atoms with Crippen molar-refractivity contribution in [1.82, 2.24) is 4.98 Å². The van der Waals surface area contributed by atoms with Crippen molar-refractivity contribution in [2.45, 2.75) is 0 Å². The summed E-state index contributed by atoms with van der Waals surface area (Å²) in [6, 6.07) is 2.64. The van der Waals surface area contributed by atoms with Crippen LogP contribution in [0.15, 0.2) is 28.9 Å². The number of halogens is 5. The van der Waals surface area contributed by atoms with Gasteiger partial charge in [0, 0.05) is 16.2 Å². The third-order valence-electron chi connectivity index (χ3n) is 2.30. The molecule has 20 heavy (non-hydrogen) atoms. The number of pyridine rings is 1. The van der Waals surface area contributed by atoms with E-state index in [9.17, 15) is 18.0 Å². The second-order valence-corrected chi connectivity index (χ2v) is 4.97. The highest BCUT2D eigenvalue weighted by Gasteiger charge is 2.16. The van der Waals surface area contributed by atoms with Gasteiger partial charge in [-0.1, -0.05) is 11.6 Å². The molecule has 8 heteroatoms. The quantitative estimate of drug-likeness (QED) is 0.641. The Hall–Kier alpha value is -1.60. The maximum atomic E-state index is 13.0. The highest BCUT2D eigenvalue weighted by molar-refractivity contribution is 9.10. The summed E-state index contributed by atoms with van der Waals surface area (Å²) in [5.41, 5.74) is -0.228. The monoisotopic (exact) mass is 364 g/mol. The summed E-state index contributed by atoms with van der Waals surface area (Å²) >= 11 is 8.89. The summed E-state index contributed by atoms with van der Waals surface area (Å²) in [5, 5.41) is 2.33. The van der Waals surface area contributed by atoms with Crippen molar-refractivity contribution in [1.29, 1.82) is 0 Å². The maximum absolute atomic E-state index is 13.0. The van der Waals surface area contributed by atoms with Crippen molar-refractivity contribution in [3.05, 3.63) is 57.0 Å². The van der Waals surface area contributed by atoms with Crippen LogP contribution in [0.5, 0.6) is 0 Å². The third kappa shape index (κ3) is 3.10. The normalized spacial score (nSPS) is 10.4. The van der Waals surface area contributed by atoms with Crippen LogP contribution in [0.2, 0.25) is 5.15 Å². The Balaban J connectivity index is 2.31. The largest absolute Gasteiger partial charge is 0.319 e. The van der Waals surface area contributed by atoms with Gasteiger partial charge in [0.1, 0.15) is 0 Å². The average molecular weight is 366 g/mol. The summed E-state index contributed by atoms with van der Waals surface area (Å²) in [6.45, 7) is 0. The summed E-state index contributed by atoms with van der Waals surface area (Å²) in [4.78, 5) is 15.6. The van der Waals surface area contributed by atoms with Crippen molar-refractivity contribution < 1.29 is 18.0 Å². The second kappa shape index (κ2) is 5.80. The van der Waals surface area contributed by atoms with E-state index in [0.717, 1.165) is 0 Å². The zero-order chi connectivity index (χ0) is 14.9. The van der Waals surface area contributed by atoms with Gasteiger partial charge in [-0.2, -0.15) is 0 Å². The fraction of sp³-hybridized carbons (Fsp3) is 0. The molecule has 0 aliphatic carbocycles. The van der Waals surface area contributed by atoms with E-state index in [4.69, 9.17) is 11.6 Å². The van der Waals surface area contributed by atoms with Crippen LogP contribution in [-0.4, -0.2) is 10.9 Å². The lowest BCUT2D eigenvalue weighted by atomic mass is 10.2. The lowest BCUT2D eigenvalue weighted by molar-refractivity contribution is 0.102. The summed E-state index contributed by atoms with van der Waals surface area (Å²) in [5.74, 6) is -5.38. The molecule has 0 atom stereocenters. The van der Waals surface area contributed by atoms with E-state index < -0.39 is 23.4 Å². The first-order valence-corrected chi connectivity index (χ1v) is 6.32. The van der Waals surface area contributed by atoms with Gasteiger partial charge in [-0.15, -0.1) is 0 Å². The predicted octanol–water partition coefficient (Wildman–Crippen LogP) is 4.17. The zero-order valence-corrected chi connectivity index (χ0v) is 11.9. The van der Waals surface area contributed by atoms with Gasteiger partial charge in [-0.05, 0) is 34.1 Å². The molecule has 1 amide bonds. The summed E-state index contributed by atoms with van der Waals surface area (Å²) in [7, 11) is 0. The van der Waals surface area contributed by atoms with Crippen LogP contribution in [0.3, 0.4) is 0 Å². The molecular weight excluding hydrogens is 360 g/mol. The van der Waals surface area contributed by atoms with Crippen molar-refractivity contribution in [3.8, 4) is 0 Å². The molecule has 3 nitrogen and oxygen atoms in total. The van der Waals surface area contributed by atoms with Gasteiger partial charge in [0.05, 0.1) is 5.69 Å². The molecule has 1 N–H and O–H groups in total. The molecule has 0 spiro atoms. The van der Waals surface area contributed by atoms with Crippen molar-refractivity contribution >= 4 is 39.1 Å². The number of nitrogens with zero attached hydrogens (tertiary/aromatic N) is 1. The Bertz CT molecular complexity index is 673. The van der Waals surface area contributed by atoms with E-state index in [0.29, 0.717) is 16.6 Å². The number of amides is 1. The molecule has 0 fully saturated rings. The van der Waals surface area contributed by atoms with Gasteiger partial charge in [0.2, 0.25) is 0 Å². The fourth-order valence-electron chi connectivity index (χ4n) is 1.39. The molecule has 0 saturated heterocycles. The molecule has 104 valence electrons. The van der Waals surface area contributed by atoms with Crippen LogP contribution in [0, 0.1) is 17.5 Å². The molecule has 0 bridgehead atoms. The molecule has 2 rings (SSSR count). The number of hydrogen-bond donors (Lipinski definition) is 1. The van der Waals surface area contributed by atoms with E-state index in [1.807, 2.05) is 0 Å².